The first kappa shape index (κ1) is 10.7. The first-order chi connectivity index (χ1) is 5.92. The van der Waals surface area contributed by atoms with Gasteiger partial charge in [0.05, 0.1) is 5.54 Å². The molecule has 3 heteroatoms. The summed E-state index contributed by atoms with van der Waals surface area (Å²) >= 11 is 1.66. The van der Waals surface area contributed by atoms with Crippen LogP contribution in [0.5, 0.6) is 0 Å². The van der Waals surface area contributed by atoms with Crippen molar-refractivity contribution in [2.45, 2.75) is 38.3 Å². The molecule has 1 aromatic rings. The Bertz CT molecular complexity index is 262. The molecule has 1 aromatic heterocycles. The molecule has 0 saturated carbocycles. The Labute approximate surface area is 83.9 Å². The maximum absolute atomic E-state index is 6.25. The standard InChI is InChI=1S/C10H18N2S/c1-4-9(2,11)10(3,12)8-5-6-13-7-8/h5-7H,4,11-12H2,1-3H3. The molecular formula is C10H18N2S. The SMILES string of the molecule is CCC(C)(N)C(C)(N)c1ccsc1. The topological polar surface area (TPSA) is 52.0 Å². The van der Waals surface area contributed by atoms with Crippen molar-refractivity contribution in [1.82, 2.24) is 0 Å². The fourth-order valence-electron chi connectivity index (χ4n) is 1.26. The largest absolute Gasteiger partial charge is 0.323 e. The molecule has 0 aromatic carbocycles. The summed E-state index contributed by atoms with van der Waals surface area (Å²) in [5.74, 6) is 0. The van der Waals surface area contributed by atoms with E-state index in [-0.39, 0.29) is 5.54 Å². The Morgan fingerprint density at radius 1 is 1.38 bits per heavy atom. The van der Waals surface area contributed by atoms with Gasteiger partial charge in [0.15, 0.2) is 0 Å². The number of nitrogens with two attached hydrogens (primary N) is 2. The molecule has 1 rings (SSSR count). The van der Waals surface area contributed by atoms with Gasteiger partial charge in [-0.25, -0.2) is 0 Å². The van der Waals surface area contributed by atoms with Crippen molar-refractivity contribution in [2.75, 3.05) is 0 Å². The average molecular weight is 198 g/mol. The lowest BCUT2D eigenvalue weighted by atomic mass is 9.75. The molecule has 0 fully saturated rings. The van der Waals surface area contributed by atoms with Gasteiger partial charge in [-0.1, -0.05) is 6.92 Å². The molecule has 0 radical (unpaired) electrons. The van der Waals surface area contributed by atoms with Gasteiger partial charge in [-0.2, -0.15) is 11.3 Å². The third-order valence-electron chi connectivity index (χ3n) is 3.04. The monoisotopic (exact) mass is 198 g/mol. The fourth-order valence-corrected chi connectivity index (χ4v) is 2.03. The fraction of sp³-hybridized carbons (Fsp3) is 0.600. The van der Waals surface area contributed by atoms with Crippen LogP contribution in [-0.2, 0) is 5.54 Å². The molecule has 13 heavy (non-hydrogen) atoms. The minimum Gasteiger partial charge on any atom is -0.323 e. The third kappa shape index (κ3) is 1.77. The van der Waals surface area contributed by atoms with Crippen LogP contribution in [0.1, 0.15) is 32.8 Å². The van der Waals surface area contributed by atoms with Gasteiger partial charge in [-0.15, -0.1) is 0 Å². The van der Waals surface area contributed by atoms with Crippen LogP contribution in [-0.4, -0.2) is 5.54 Å². The van der Waals surface area contributed by atoms with Gasteiger partial charge in [0.25, 0.3) is 0 Å². The van der Waals surface area contributed by atoms with Crippen molar-refractivity contribution in [3.8, 4) is 0 Å². The Hall–Kier alpha value is -0.380. The van der Waals surface area contributed by atoms with Crippen LogP contribution in [0.4, 0.5) is 0 Å². The maximum Gasteiger partial charge on any atom is 0.0568 e. The Morgan fingerprint density at radius 2 is 2.00 bits per heavy atom. The van der Waals surface area contributed by atoms with Gasteiger partial charge in [0, 0.05) is 5.54 Å². The lowest BCUT2D eigenvalue weighted by Gasteiger charge is -2.40. The van der Waals surface area contributed by atoms with E-state index in [4.69, 9.17) is 11.5 Å². The zero-order chi connectivity index (χ0) is 10.1. The number of hydrogen-bond acceptors (Lipinski definition) is 3. The Morgan fingerprint density at radius 3 is 2.38 bits per heavy atom. The van der Waals surface area contributed by atoms with Crippen molar-refractivity contribution in [2.24, 2.45) is 11.5 Å². The normalized spacial score (nSPS) is 20.7. The third-order valence-corrected chi connectivity index (χ3v) is 3.72. The van der Waals surface area contributed by atoms with Gasteiger partial charge in [0.2, 0.25) is 0 Å². The highest BCUT2D eigenvalue weighted by Crippen LogP contribution is 2.31. The maximum atomic E-state index is 6.25. The number of hydrogen-bond donors (Lipinski definition) is 2. The number of thiophene rings is 1. The van der Waals surface area contributed by atoms with Gasteiger partial charge in [-0.05, 0) is 42.7 Å². The minimum absolute atomic E-state index is 0.353. The van der Waals surface area contributed by atoms with Crippen molar-refractivity contribution in [3.63, 3.8) is 0 Å². The molecule has 0 aliphatic carbocycles. The van der Waals surface area contributed by atoms with Crippen LogP contribution >= 0.6 is 11.3 Å². The summed E-state index contributed by atoms with van der Waals surface area (Å²) in [5, 5.41) is 4.10. The van der Waals surface area contributed by atoms with Crippen LogP contribution in [0.25, 0.3) is 0 Å². The summed E-state index contributed by atoms with van der Waals surface area (Å²) < 4.78 is 0. The zero-order valence-electron chi connectivity index (χ0n) is 8.50. The molecule has 74 valence electrons. The minimum atomic E-state index is -0.443. The van der Waals surface area contributed by atoms with E-state index in [1.807, 2.05) is 25.3 Å². The van der Waals surface area contributed by atoms with E-state index in [2.05, 4.69) is 12.3 Å². The molecule has 2 nitrogen and oxygen atoms in total. The molecular weight excluding hydrogens is 180 g/mol. The summed E-state index contributed by atoms with van der Waals surface area (Å²) in [6.45, 7) is 6.07. The predicted molar refractivity (Wildman–Crippen MR) is 58.7 cm³/mol. The van der Waals surface area contributed by atoms with Crippen LogP contribution in [0.3, 0.4) is 0 Å². The summed E-state index contributed by atoms with van der Waals surface area (Å²) in [5.41, 5.74) is 12.8. The second kappa shape index (κ2) is 3.40. The Kier molecular flexibility index (Phi) is 2.80. The number of rotatable bonds is 3. The molecule has 4 N–H and O–H groups in total. The average Bonchev–Trinajstić information content (AvgIpc) is 2.56. The van der Waals surface area contributed by atoms with E-state index in [1.54, 1.807) is 11.3 Å². The second-order valence-electron chi connectivity index (χ2n) is 3.99. The molecule has 0 saturated heterocycles. The highest BCUT2D eigenvalue weighted by Gasteiger charge is 2.38. The molecule has 2 atom stereocenters. The van der Waals surface area contributed by atoms with Crippen molar-refractivity contribution < 1.29 is 0 Å². The summed E-state index contributed by atoms with van der Waals surface area (Å²) in [7, 11) is 0. The summed E-state index contributed by atoms with van der Waals surface area (Å²) in [6.07, 6.45) is 0.871. The first-order valence-electron chi connectivity index (χ1n) is 4.52. The van der Waals surface area contributed by atoms with E-state index in [0.717, 1.165) is 12.0 Å². The van der Waals surface area contributed by atoms with E-state index in [0.29, 0.717) is 0 Å². The summed E-state index contributed by atoms with van der Waals surface area (Å²) in [4.78, 5) is 0. The lowest BCUT2D eigenvalue weighted by molar-refractivity contribution is 0.256. The van der Waals surface area contributed by atoms with Crippen LogP contribution in [0.2, 0.25) is 0 Å². The smallest absolute Gasteiger partial charge is 0.0568 e. The van der Waals surface area contributed by atoms with Gasteiger partial charge in [0.1, 0.15) is 0 Å². The van der Waals surface area contributed by atoms with Crippen molar-refractivity contribution in [1.29, 1.82) is 0 Å². The molecule has 2 unspecified atom stereocenters. The van der Waals surface area contributed by atoms with Crippen molar-refractivity contribution >= 4 is 11.3 Å². The quantitative estimate of drug-likeness (QED) is 0.781. The molecule has 0 aliphatic rings. The molecule has 0 bridgehead atoms. The van der Waals surface area contributed by atoms with Crippen LogP contribution < -0.4 is 11.5 Å². The highest BCUT2D eigenvalue weighted by molar-refractivity contribution is 7.08. The molecule has 0 spiro atoms. The second-order valence-corrected chi connectivity index (χ2v) is 4.77. The predicted octanol–water partition coefficient (Wildman–Crippen LogP) is 2.05. The van der Waals surface area contributed by atoms with E-state index in [9.17, 15) is 0 Å². The zero-order valence-corrected chi connectivity index (χ0v) is 9.32. The summed E-state index contributed by atoms with van der Waals surface area (Å²) in [6, 6.07) is 2.05. The van der Waals surface area contributed by atoms with E-state index >= 15 is 0 Å². The lowest BCUT2D eigenvalue weighted by Crippen LogP contribution is -2.59. The van der Waals surface area contributed by atoms with Crippen LogP contribution in [0.15, 0.2) is 16.8 Å². The highest BCUT2D eigenvalue weighted by atomic mass is 32.1. The molecule has 0 aliphatic heterocycles. The van der Waals surface area contributed by atoms with E-state index < -0.39 is 5.54 Å². The van der Waals surface area contributed by atoms with E-state index in [1.165, 1.54) is 0 Å². The first-order valence-corrected chi connectivity index (χ1v) is 5.46. The van der Waals surface area contributed by atoms with Crippen LogP contribution in [0, 0.1) is 0 Å². The van der Waals surface area contributed by atoms with Gasteiger partial charge < -0.3 is 11.5 Å². The van der Waals surface area contributed by atoms with Gasteiger partial charge in [-0.3, -0.25) is 0 Å². The molecule has 0 amide bonds. The molecule has 1 heterocycles. The van der Waals surface area contributed by atoms with Gasteiger partial charge >= 0.3 is 0 Å². The van der Waals surface area contributed by atoms with Crippen molar-refractivity contribution in [3.05, 3.63) is 22.4 Å². The Balaban J connectivity index is 3.02.